The summed E-state index contributed by atoms with van der Waals surface area (Å²) in [6, 6.07) is 17.6. The molecule has 8 heteroatoms. The molecule has 2 aliphatic rings. The second kappa shape index (κ2) is 8.70. The molecule has 4 heterocycles. The Kier molecular flexibility index (Phi) is 5.37. The van der Waals surface area contributed by atoms with Crippen molar-refractivity contribution < 1.29 is 14.3 Å². The van der Waals surface area contributed by atoms with E-state index in [0.29, 0.717) is 43.2 Å². The van der Waals surface area contributed by atoms with Crippen LogP contribution >= 0.6 is 0 Å². The lowest BCUT2D eigenvalue weighted by Crippen LogP contribution is -2.41. The molecule has 2 aromatic heterocycles. The SMILES string of the molecule is O=C(Nc1cnn(Cc2ccccc2)c1)c1ccc2cc3n(c2c1)CC1(CCOCC1)CNC3=O. The minimum absolute atomic E-state index is 0.0310. The maximum absolute atomic E-state index is 13.1. The van der Waals surface area contributed by atoms with Gasteiger partial charge in [-0.1, -0.05) is 36.4 Å². The van der Waals surface area contributed by atoms with Crippen LogP contribution in [0.25, 0.3) is 10.9 Å². The summed E-state index contributed by atoms with van der Waals surface area (Å²) in [6.45, 7) is 3.41. The number of carbonyl (C=O) groups is 2. The minimum Gasteiger partial charge on any atom is -0.381 e. The monoisotopic (exact) mass is 469 g/mol. The van der Waals surface area contributed by atoms with Gasteiger partial charge in [-0.3, -0.25) is 14.3 Å². The topological polar surface area (TPSA) is 90.2 Å². The van der Waals surface area contributed by atoms with E-state index in [4.69, 9.17) is 4.74 Å². The fraction of sp³-hybridized carbons (Fsp3) is 0.296. The maximum Gasteiger partial charge on any atom is 0.267 e. The summed E-state index contributed by atoms with van der Waals surface area (Å²) in [5.41, 5.74) is 3.83. The predicted molar refractivity (Wildman–Crippen MR) is 132 cm³/mol. The van der Waals surface area contributed by atoms with Gasteiger partial charge in [0, 0.05) is 54.4 Å². The lowest BCUT2D eigenvalue weighted by atomic mass is 9.80. The van der Waals surface area contributed by atoms with Crippen molar-refractivity contribution in [2.24, 2.45) is 5.41 Å². The van der Waals surface area contributed by atoms with Crippen molar-refractivity contribution in [3.8, 4) is 0 Å². The van der Waals surface area contributed by atoms with E-state index in [1.54, 1.807) is 16.9 Å². The molecular formula is C27H27N5O3. The highest BCUT2D eigenvalue weighted by molar-refractivity contribution is 6.07. The molecule has 2 aromatic carbocycles. The molecule has 6 rings (SSSR count). The third kappa shape index (κ3) is 4.21. The summed E-state index contributed by atoms with van der Waals surface area (Å²) >= 11 is 0. The molecule has 0 bridgehead atoms. The molecule has 0 radical (unpaired) electrons. The van der Waals surface area contributed by atoms with E-state index >= 15 is 0 Å². The summed E-state index contributed by atoms with van der Waals surface area (Å²) in [6.07, 6.45) is 5.28. The highest BCUT2D eigenvalue weighted by Gasteiger charge is 2.37. The van der Waals surface area contributed by atoms with Crippen LogP contribution in [0, 0.1) is 5.41 Å². The average molecular weight is 470 g/mol. The van der Waals surface area contributed by atoms with Gasteiger partial charge in [0.1, 0.15) is 5.69 Å². The van der Waals surface area contributed by atoms with Gasteiger partial charge in [0.2, 0.25) is 0 Å². The number of rotatable bonds is 4. The van der Waals surface area contributed by atoms with Crippen LogP contribution in [0.2, 0.25) is 0 Å². The second-order valence-electron chi connectivity index (χ2n) is 9.55. The van der Waals surface area contributed by atoms with E-state index < -0.39 is 0 Å². The maximum atomic E-state index is 13.1. The Bertz CT molecular complexity index is 1400. The summed E-state index contributed by atoms with van der Waals surface area (Å²) < 4.78 is 9.46. The molecule has 35 heavy (non-hydrogen) atoms. The number of hydrogen-bond acceptors (Lipinski definition) is 4. The van der Waals surface area contributed by atoms with Gasteiger partial charge in [-0.2, -0.15) is 5.10 Å². The number of hydrogen-bond donors (Lipinski definition) is 2. The quantitative estimate of drug-likeness (QED) is 0.477. The van der Waals surface area contributed by atoms with Crippen molar-refractivity contribution in [3.05, 3.63) is 83.8 Å². The molecule has 1 spiro atoms. The van der Waals surface area contributed by atoms with Crippen molar-refractivity contribution in [3.63, 3.8) is 0 Å². The zero-order chi connectivity index (χ0) is 23.8. The predicted octanol–water partition coefficient (Wildman–Crippen LogP) is 3.68. The van der Waals surface area contributed by atoms with Gasteiger partial charge in [0.25, 0.3) is 11.8 Å². The van der Waals surface area contributed by atoms with Crippen molar-refractivity contribution in [1.29, 1.82) is 0 Å². The minimum atomic E-state index is -0.208. The number of nitrogens with zero attached hydrogens (tertiary/aromatic N) is 3. The van der Waals surface area contributed by atoms with Crippen molar-refractivity contribution in [1.82, 2.24) is 19.7 Å². The van der Waals surface area contributed by atoms with Crippen molar-refractivity contribution >= 4 is 28.4 Å². The Morgan fingerprint density at radius 3 is 2.77 bits per heavy atom. The zero-order valence-corrected chi connectivity index (χ0v) is 19.4. The molecule has 1 saturated heterocycles. The lowest BCUT2D eigenvalue weighted by Gasteiger charge is -2.36. The van der Waals surface area contributed by atoms with Gasteiger partial charge >= 0.3 is 0 Å². The lowest BCUT2D eigenvalue weighted by molar-refractivity contribution is 0.00884. The van der Waals surface area contributed by atoms with Gasteiger partial charge in [0.05, 0.1) is 18.4 Å². The van der Waals surface area contributed by atoms with Crippen LogP contribution in [-0.2, 0) is 17.8 Å². The molecular weight excluding hydrogens is 442 g/mol. The normalized spacial score (nSPS) is 17.1. The molecule has 4 aromatic rings. The van der Waals surface area contributed by atoms with Crippen LogP contribution in [0.4, 0.5) is 5.69 Å². The molecule has 0 unspecified atom stereocenters. The molecule has 0 aliphatic carbocycles. The highest BCUT2D eigenvalue weighted by Crippen LogP contribution is 2.36. The van der Waals surface area contributed by atoms with Crippen molar-refractivity contribution in [2.45, 2.75) is 25.9 Å². The smallest absolute Gasteiger partial charge is 0.267 e. The number of benzene rings is 2. The Labute approximate surface area is 202 Å². The summed E-state index contributed by atoms with van der Waals surface area (Å²) in [5.74, 6) is -0.276. The summed E-state index contributed by atoms with van der Waals surface area (Å²) in [4.78, 5) is 25.9. The van der Waals surface area contributed by atoms with Crippen LogP contribution in [0.15, 0.2) is 67.0 Å². The third-order valence-electron chi connectivity index (χ3n) is 7.15. The largest absolute Gasteiger partial charge is 0.381 e. The number of fused-ring (bicyclic) bond motifs is 3. The number of ether oxygens (including phenoxy) is 1. The Hall–Kier alpha value is -3.91. The van der Waals surface area contributed by atoms with E-state index in [-0.39, 0.29) is 17.2 Å². The molecule has 2 amide bonds. The molecule has 0 atom stereocenters. The summed E-state index contributed by atoms with van der Waals surface area (Å²) in [5, 5.41) is 11.4. The second-order valence-corrected chi connectivity index (χ2v) is 9.55. The number of anilines is 1. The van der Waals surface area contributed by atoms with Crippen LogP contribution < -0.4 is 10.6 Å². The zero-order valence-electron chi connectivity index (χ0n) is 19.4. The molecule has 0 saturated carbocycles. The van der Waals surface area contributed by atoms with Gasteiger partial charge in [-0.25, -0.2) is 0 Å². The molecule has 2 aliphatic heterocycles. The fourth-order valence-electron chi connectivity index (χ4n) is 5.13. The first-order chi connectivity index (χ1) is 17.1. The highest BCUT2D eigenvalue weighted by atomic mass is 16.5. The van der Waals surface area contributed by atoms with Crippen LogP contribution in [-0.4, -0.2) is 45.9 Å². The molecule has 1 fully saturated rings. The Morgan fingerprint density at radius 2 is 1.94 bits per heavy atom. The van der Waals surface area contributed by atoms with E-state index in [2.05, 4.69) is 20.3 Å². The van der Waals surface area contributed by atoms with Gasteiger partial charge in [0.15, 0.2) is 0 Å². The molecule has 2 N–H and O–H groups in total. The van der Waals surface area contributed by atoms with E-state index in [0.717, 1.165) is 35.9 Å². The first-order valence-electron chi connectivity index (χ1n) is 12.0. The fourth-order valence-corrected chi connectivity index (χ4v) is 5.13. The number of nitrogens with one attached hydrogen (secondary N) is 2. The van der Waals surface area contributed by atoms with Crippen LogP contribution in [0.1, 0.15) is 39.3 Å². The van der Waals surface area contributed by atoms with Gasteiger partial charge in [-0.05, 0) is 36.6 Å². The van der Waals surface area contributed by atoms with E-state index in [1.165, 1.54) is 0 Å². The van der Waals surface area contributed by atoms with Crippen LogP contribution in [0.3, 0.4) is 0 Å². The third-order valence-corrected chi connectivity index (χ3v) is 7.15. The first kappa shape index (κ1) is 21.6. The number of carbonyl (C=O) groups excluding carboxylic acids is 2. The molecule has 178 valence electrons. The number of aromatic nitrogens is 3. The van der Waals surface area contributed by atoms with E-state index in [1.807, 2.05) is 54.7 Å². The van der Waals surface area contributed by atoms with Gasteiger partial charge in [-0.15, -0.1) is 0 Å². The number of amides is 2. The molecule has 8 nitrogen and oxygen atoms in total. The van der Waals surface area contributed by atoms with Gasteiger partial charge < -0.3 is 19.9 Å². The Balaban J connectivity index is 1.25. The standard InChI is InChI=1S/C27H27N5O3/c33-25(30-22-14-29-31(16-22)15-19-4-2-1-3-5-19)21-7-6-20-12-24-26(34)28-17-27(8-10-35-11-9-27)18-32(24)23(20)13-21/h1-7,12-14,16H,8-11,15,17-18H2,(H,28,34)(H,30,33). The average Bonchev–Trinajstić information content (AvgIpc) is 3.44. The summed E-state index contributed by atoms with van der Waals surface area (Å²) in [7, 11) is 0. The Morgan fingerprint density at radius 1 is 1.11 bits per heavy atom. The first-order valence-corrected chi connectivity index (χ1v) is 12.0. The van der Waals surface area contributed by atoms with E-state index in [9.17, 15) is 9.59 Å². The van der Waals surface area contributed by atoms with Crippen LogP contribution in [0.5, 0.6) is 0 Å². The van der Waals surface area contributed by atoms with Crippen molar-refractivity contribution in [2.75, 3.05) is 25.1 Å².